The number of methoxy groups -OCH3 is 2. The van der Waals surface area contributed by atoms with E-state index in [1.54, 1.807) is 14.2 Å². The second-order valence-electron chi connectivity index (χ2n) is 5.41. The Kier molecular flexibility index (Phi) is 4.35. The van der Waals surface area contributed by atoms with E-state index in [2.05, 4.69) is 32.2 Å². The van der Waals surface area contributed by atoms with Crippen LogP contribution in [0.25, 0.3) is 0 Å². The minimum atomic E-state index is 0.397. The van der Waals surface area contributed by atoms with E-state index >= 15 is 0 Å². The lowest BCUT2D eigenvalue weighted by Crippen LogP contribution is -2.25. The highest BCUT2D eigenvalue weighted by Crippen LogP contribution is 2.50. The summed E-state index contributed by atoms with van der Waals surface area (Å²) in [6.07, 6.45) is 1.15. The molecule has 0 bridgehead atoms. The predicted octanol–water partition coefficient (Wildman–Crippen LogP) is 3.50. The van der Waals surface area contributed by atoms with E-state index in [4.69, 9.17) is 9.47 Å². The molecule has 106 valence electrons. The molecule has 0 saturated heterocycles. The molecule has 0 heterocycles. The van der Waals surface area contributed by atoms with Crippen LogP contribution in [-0.4, -0.2) is 20.8 Å². The molecule has 19 heavy (non-hydrogen) atoms. The molecule has 1 aromatic carbocycles. The Bertz CT molecular complexity index is 445. The van der Waals surface area contributed by atoms with E-state index in [1.165, 1.54) is 11.1 Å². The Morgan fingerprint density at radius 2 is 1.89 bits per heavy atom. The molecule has 1 aliphatic rings. The Labute approximate surface area is 116 Å². The first kappa shape index (κ1) is 14.2. The standard InChI is InChI=1S/C16H25NO2/c1-6-7-17-16-11(3)10(2)15-13(16)8-12(18-4)9-14(15)19-5/h8-11,16-17H,6-7H2,1-5H3. The maximum Gasteiger partial charge on any atom is 0.126 e. The molecule has 0 fully saturated rings. The number of nitrogens with one attached hydrogen (secondary N) is 1. The second-order valence-corrected chi connectivity index (χ2v) is 5.41. The van der Waals surface area contributed by atoms with Crippen LogP contribution in [0.2, 0.25) is 0 Å². The monoisotopic (exact) mass is 263 g/mol. The molecule has 3 heteroatoms. The van der Waals surface area contributed by atoms with Crippen LogP contribution in [0.5, 0.6) is 11.5 Å². The van der Waals surface area contributed by atoms with E-state index in [9.17, 15) is 0 Å². The van der Waals surface area contributed by atoms with Gasteiger partial charge in [0.15, 0.2) is 0 Å². The van der Waals surface area contributed by atoms with Crippen molar-refractivity contribution in [1.82, 2.24) is 5.32 Å². The highest BCUT2D eigenvalue weighted by molar-refractivity contribution is 5.53. The van der Waals surface area contributed by atoms with Crippen molar-refractivity contribution in [3.05, 3.63) is 23.3 Å². The van der Waals surface area contributed by atoms with Crippen LogP contribution in [0.1, 0.15) is 50.3 Å². The van der Waals surface area contributed by atoms with Gasteiger partial charge in [0.05, 0.1) is 14.2 Å². The zero-order valence-electron chi connectivity index (χ0n) is 12.6. The van der Waals surface area contributed by atoms with Crippen molar-refractivity contribution in [3.63, 3.8) is 0 Å². The van der Waals surface area contributed by atoms with E-state index in [-0.39, 0.29) is 0 Å². The van der Waals surface area contributed by atoms with Crippen LogP contribution in [0, 0.1) is 5.92 Å². The topological polar surface area (TPSA) is 30.5 Å². The Balaban J connectivity index is 2.45. The molecular formula is C16H25NO2. The summed E-state index contributed by atoms with van der Waals surface area (Å²) in [5.41, 5.74) is 2.68. The highest BCUT2D eigenvalue weighted by Gasteiger charge is 2.37. The summed E-state index contributed by atoms with van der Waals surface area (Å²) in [4.78, 5) is 0. The minimum absolute atomic E-state index is 0.397. The van der Waals surface area contributed by atoms with Gasteiger partial charge >= 0.3 is 0 Å². The zero-order valence-corrected chi connectivity index (χ0v) is 12.6. The number of rotatable bonds is 5. The number of hydrogen-bond donors (Lipinski definition) is 1. The fourth-order valence-corrected chi connectivity index (χ4v) is 3.08. The molecule has 1 N–H and O–H groups in total. The fraction of sp³-hybridized carbons (Fsp3) is 0.625. The van der Waals surface area contributed by atoms with Crippen molar-refractivity contribution in [3.8, 4) is 11.5 Å². The van der Waals surface area contributed by atoms with Crippen LogP contribution in [0.15, 0.2) is 12.1 Å². The first-order valence-electron chi connectivity index (χ1n) is 7.13. The first-order valence-corrected chi connectivity index (χ1v) is 7.13. The molecule has 3 nitrogen and oxygen atoms in total. The molecule has 3 atom stereocenters. The zero-order chi connectivity index (χ0) is 14.0. The highest BCUT2D eigenvalue weighted by atomic mass is 16.5. The van der Waals surface area contributed by atoms with Gasteiger partial charge in [0.1, 0.15) is 11.5 Å². The van der Waals surface area contributed by atoms with E-state index < -0.39 is 0 Å². The smallest absolute Gasteiger partial charge is 0.126 e. The van der Waals surface area contributed by atoms with E-state index in [1.807, 2.05) is 6.07 Å². The molecule has 0 aliphatic heterocycles. The average Bonchev–Trinajstić information content (AvgIpc) is 2.68. The summed E-state index contributed by atoms with van der Waals surface area (Å²) in [5.74, 6) is 2.91. The van der Waals surface area contributed by atoms with Crippen LogP contribution in [0.4, 0.5) is 0 Å². The molecule has 0 radical (unpaired) electrons. The van der Waals surface area contributed by atoms with Gasteiger partial charge in [0.2, 0.25) is 0 Å². The van der Waals surface area contributed by atoms with Gasteiger partial charge in [-0.3, -0.25) is 0 Å². The van der Waals surface area contributed by atoms with E-state index in [0.717, 1.165) is 24.5 Å². The normalized spacial score (nSPS) is 25.2. The quantitative estimate of drug-likeness (QED) is 0.882. The Morgan fingerprint density at radius 1 is 1.16 bits per heavy atom. The van der Waals surface area contributed by atoms with Gasteiger partial charge < -0.3 is 14.8 Å². The maximum absolute atomic E-state index is 5.56. The minimum Gasteiger partial charge on any atom is -0.497 e. The average molecular weight is 263 g/mol. The third kappa shape index (κ3) is 2.44. The molecule has 2 rings (SSSR count). The van der Waals surface area contributed by atoms with Gasteiger partial charge in [0.25, 0.3) is 0 Å². The third-order valence-electron chi connectivity index (χ3n) is 4.32. The van der Waals surface area contributed by atoms with Crippen LogP contribution in [-0.2, 0) is 0 Å². The van der Waals surface area contributed by atoms with Crippen LogP contribution >= 0.6 is 0 Å². The molecular weight excluding hydrogens is 238 g/mol. The molecule has 3 unspecified atom stereocenters. The molecule has 1 aromatic rings. The molecule has 1 aliphatic carbocycles. The predicted molar refractivity (Wildman–Crippen MR) is 78.2 cm³/mol. The second kappa shape index (κ2) is 5.83. The SMILES string of the molecule is CCCNC1c2cc(OC)cc(OC)c2C(C)C1C. The summed E-state index contributed by atoms with van der Waals surface area (Å²) in [6.45, 7) is 7.83. The van der Waals surface area contributed by atoms with Crippen LogP contribution < -0.4 is 14.8 Å². The van der Waals surface area contributed by atoms with Crippen molar-refractivity contribution < 1.29 is 9.47 Å². The molecule has 0 amide bonds. The van der Waals surface area contributed by atoms with Crippen molar-refractivity contribution in [2.75, 3.05) is 20.8 Å². The van der Waals surface area contributed by atoms with Gasteiger partial charge in [-0.25, -0.2) is 0 Å². The first-order chi connectivity index (χ1) is 9.13. The summed E-state index contributed by atoms with van der Waals surface area (Å²) in [6, 6.07) is 4.55. The van der Waals surface area contributed by atoms with Gasteiger partial charge in [-0.1, -0.05) is 20.8 Å². The molecule has 0 aromatic heterocycles. The van der Waals surface area contributed by atoms with Crippen LogP contribution in [0.3, 0.4) is 0 Å². The summed E-state index contributed by atoms with van der Waals surface area (Å²) >= 11 is 0. The van der Waals surface area contributed by atoms with Crippen molar-refractivity contribution in [1.29, 1.82) is 0 Å². The number of ether oxygens (including phenoxy) is 2. The molecule has 0 saturated carbocycles. The Hall–Kier alpha value is -1.22. The van der Waals surface area contributed by atoms with Gasteiger partial charge in [-0.2, -0.15) is 0 Å². The lowest BCUT2D eigenvalue weighted by molar-refractivity contribution is 0.373. The lowest BCUT2D eigenvalue weighted by atomic mass is 9.94. The lowest BCUT2D eigenvalue weighted by Gasteiger charge is -2.20. The number of hydrogen-bond acceptors (Lipinski definition) is 3. The fourth-order valence-electron chi connectivity index (χ4n) is 3.08. The summed E-state index contributed by atoms with van der Waals surface area (Å²) in [5, 5.41) is 3.66. The number of fused-ring (bicyclic) bond motifs is 1. The third-order valence-corrected chi connectivity index (χ3v) is 4.32. The summed E-state index contributed by atoms with van der Waals surface area (Å²) in [7, 11) is 3.44. The van der Waals surface area contributed by atoms with Crippen molar-refractivity contribution >= 4 is 0 Å². The Morgan fingerprint density at radius 3 is 2.47 bits per heavy atom. The van der Waals surface area contributed by atoms with Gasteiger partial charge in [0, 0.05) is 17.7 Å². The van der Waals surface area contributed by atoms with E-state index in [0.29, 0.717) is 17.9 Å². The van der Waals surface area contributed by atoms with Gasteiger partial charge in [-0.05, 0) is 36.4 Å². The van der Waals surface area contributed by atoms with Gasteiger partial charge in [-0.15, -0.1) is 0 Å². The molecule has 0 spiro atoms. The number of benzene rings is 1. The van der Waals surface area contributed by atoms with Crippen molar-refractivity contribution in [2.45, 2.75) is 39.2 Å². The summed E-state index contributed by atoms with van der Waals surface area (Å²) < 4.78 is 11.0. The largest absolute Gasteiger partial charge is 0.497 e. The van der Waals surface area contributed by atoms with Crippen molar-refractivity contribution in [2.24, 2.45) is 5.92 Å². The maximum atomic E-state index is 5.56.